The summed E-state index contributed by atoms with van der Waals surface area (Å²) < 4.78 is 1.42. The summed E-state index contributed by atoms with van der Waals surface area (Å²) in [7, 11) is 0. The van der Waals surface area contributed by atoms with E-state index in [1.54, 1.807) is 6.07 Å². The van der Waals surface area contributed by atoms with E-state index in [1.807, 2.05) is 33.8 Å². The van der Waals surface area contributed by atoms with Crippen molar-refractivity contribution in [3.05, 3.63) is 29.2 Å². The minimum absolute atomic E-state index is 0.131. The summed E-state index contributed by atoms with van der Waals surface area (Å²) in [6, 6.07) is 3.48. The maximum Gasteiger partial charge on any atom is 0.354 e. The van der Waals surface area contributed by atoms with Gasteiger partial charge in [-0.05, 0) is 12.5 Å². The van der Waals surface area contributed by atoms with Crippen LogP contribution in [0.3, 0.4) is 0 Å². The van der Waals surface area contributed by atoms with Crippen molar-refractivity contribution in [1.82, 2.24) is 14.6 Å². The Balaban J connectivity index is 2.68. The molecule has 5 nitrogen and oxygen atoms in total. The molecule has 0 aliphatic rings. The summed E-state index contributed by atoms with van der Waals surface area (Å²) in [5.74, 6) is -0.978. The van der Waals surface area contributed by atoms with Crippen molar-refractivity contribution in [2.45, 2.75) is 46.0 Å². The zero-order valence-electron chi connectivity index (χ0n) is 11.8. The summed E-state index contributed by atoms with van der Waals surface area (Å²) >= 11 is 0. The fourth-order valence-electron chi connectivity index (χ4n) is 1.93. The largest absolute Gasteiger partial charge is 0.477 e. The highest BCUT2D eigenvalue weighted by Crippen LogP contribution is 2.22. The second kappa shape index (κ2) is 4.64. The topological polar surface area (TPSA) is 67.5 Å². The quantitative estimate of drug-likeness (QED) is 0.922. The number of hydrogen-bond donors (Lipinski definition) is 1. The van der Waals surface area contributed by atoms with Gasteiger partial charge in [0.05, 0.1) is 5.69 Å². The number of hydrogen-bond acceptors (Lipinski definition) is 3. The van der Waals surface area contributed by atoms with E-state index in [4.69, 9.17) is 0 Å². The Labute approximate surface area is 112 Å². The van der Waals surface area contributed by atoms with E-state index >= 15 is 0 Å². The van der Waals surface area contributed by atoms with Gasteiger partial charge in [0, 0.05) is 17.2 Å². The molecule has 2 heterocycles. The molecule has 0 aromatic carbocycles. The molecule has 0 saturated carbocycles. The summed E-state index contributed by atoms with van der Waals surface area (Å²) in [5.41, 5.74) is 2.29. The van der Waals surface area contributed by atoms with Crippen molar-refractivity contribution in [3.63, 3.8) is 0 Å². The number of carboxylic acids is 1. The molecule has 0 amide bonds. The van der Waals surface area contributed by atoms with Crippen LogP contribution in [0.1, 0.15) is 56.0 Å². The van der Waals surface area contributed by atoms with E-state index in [-0.39, 0.29) is 11.1 Å². The Morgan fingerprint density at radius 2 is 2.05 bits per heavy atom. The molecule has 2 rings (SSSR count). The molecule has 2 aromatic rings. The van der Waals surface area contributed by atoms with Gasteiger partial charge >= 0.3 is 5.97 Å². The third-order valence-corrected chi connectivity index (χ3v) is 2.97. The van der Waals surface area contributed by atoms with Crippen LogP contribution in [0.25, 0.3) is 5.65 Å². The molecule has 0 spiro atoms. The van der Waals surface area contributed by atoms with Crippen molar-refractivity contribution in [3.8, 4) is 0 Å². The first-order chi connectivity index (χ1) is 8.82. The summed E-state index contributed by atoms with van der Waals surface area (Å²) in [6.07, 6.45) is 1.70. The normalized spacial score (nSPS) is 12.0. The average Bonchev–Trinajstić information content (AvgIpc) is 2.71. The number of carbonyl (C=O) groups is 1. The van der Waals surface area contributed by atoms with Crippen LogP contribution in [0, 0.1) is 0 Å². The minimum Gasteiger partial charge on any atom is -0.477 e. The van der Waals surface area contributed by atoms with Crippen LogP contribution in [-0.2, 0) is 11.8 Å². The zero-order valence-corrected chi connectivity index (χ0v) is 11.8. The van der Waals surface area contributed by atoms with E-state index in [0.717, 1.165) is 24.2 Å². The van der Waals surface area contributed by atoms with Gasteiger partial charge in [-0.1, -0.05) is 34.1 Å². The average molecular weight is 261 g/mol. The Morgan fingerprint density at radius 3 is 2.58 bits per heavy atom. The van der Waals surface area contributed by atoms with Crippen LogP contribution in [0.4, 0.5) is 0 Å². The lowest BCUT2D eigenvalue weighted by molar-refractivity contribution is 0.0687. The molecule has 19 heavy (non-hydrogen) atoms. The standard InChI is InChI=1S/C14H19N3O2/c1-5-6-9-7-10(13(18)19)17-12(15-9)8-11(16-17)14(2,3)4/h7-8H,5-6H2,1-4H3,(H,18,19). The number of fused-ring (bicyclic) bond motifs is 1. The monoisotopic (exact) mass is 261 g/mol. The van der Waals surface area contributed by atoms with Gasteiger partial charge in [0.2, 0.25) is 0 Å². The van der Waals surface area contributed by atoms with Crippen LogP contribution in [0.5, 0.6) is 0 Å². The first kappa shape index (κ1) is 13.5. The lowest BCUT2D eigenvalue weighted by Gasteiger charge is -2.13. The van der Waals surface area contributed by atoms with Gasteiger partial charge in [0.15, 0.2) is 11.3 Å². The highest BCUT2D eigenvalue weighted by Gasteiger charge is 2.21. The number of aryl methyl sites for hydroxylation is 1. The maximum atomic E-state index is 11.3. The smallest absolute Gasteiger partial charge is 0.354 e. The van der Waals surface area contributed by atoms with Crippen molar-refractivity contribution in [2.75, 3.05) is 0 Å². The number of aromatic carboxylic acids is 1. The predicted molar refractivity (Wildman–Crippen MR) is 72.6 cm³/mol. The highest BCUT2D eigenvalue weighted by atomic mass is 16.4. The minimum atomic E-state index is -0.978. The fourth-order valence-corrected chi connectivity index (χ4v) is 1.93. The highest BCUT2D eigenvalue weighted by molar-refractivity contribution is 5.86. The molecule has 0 fully saturated rings. The van der Waals surface area contributed by atoms with Gasteiger partial charge < -0.3 is 5.11 Å². The van der Waals surface area contributed by atoms with Crippen molar-refractivity contribution in [2.24, 2.45) is 0 Å². The zero-order chi connectivity index (χ0) is 14.2. The van der Waals surface area contributed by atoms with Crippen molar-refractivity contribution in [1.29, 1.82) is 0 Å². The lowest BCUT2D eigenvalue weighted by atomic mass is 9.93. The maximum absolute atomic E-state index is 11.3. The number of rotatable bonds is 3. The molecule has 0 unspecified atom stereocenters. The molecule has 5 heteroatoms. The van der Waals surface area contributed by atoms with E-state index in [0.29, 0.717) is 5.65 Å². The molecular weight excluding hydrogens is 242 g/mol. The van der Waals surface area contributed by atoms with Crippen molar-refractivity contribution < 1.29 is 9.90 Å². The van der Waals surface area contributed by atoms with E-state index in [9.17, 15) is 9.90 Å². The first-order valence-corrected chi connectivity index (χ1v) is 6.46. The number of aromatic nitrogens is 3. The van der Waals surface area contributed by atoms with Gasteiger partial charge in [-0.2, -0.15) is 5.10 Å². The fraction of sp³-hybridized carbons (Fsp3) is 0.500. The molecule has 0 saturated heterocycles. The molecule has 102 valence electrons. The second-order valence-electron chi connectivity index (χ2n) is 5.74. The van der Waals surface area contributed by atoms with Gasteiger partial charge in [-0.25, -0.2) is 14.3 Å². The third-order valence-electron chi connectivity index (χ3n) is 2.97. The molecule has 0 aliphatic carbocycles. The van der Waals surface area contributed by atoms with Gasteiger partial charge in [0.1, 0.15) is 0 Å². The molecular formula is C14H19N3O2. The van der Waals surface area contributed by atoms with E-state index in [2.05, 4.69) is 10.1 Å². The summed E-state index contributed by atoms with van der Waals surface area (Å²) in [5, 5.41) is 13.7. The van der Waals surface area contributed by atoms with Gasteiger partial charge in [-0.3, -0.25) is 0 Å². The molecule has 2 aromatic heterocycles. The number of carboxylic acid groups (broad SMARTS) is 1. The Morgan fingerprint density at radius 1 is 1.37 bits per heavy atom. The molecule has 0 atom stereocenters. The molecule has 1 N–H and O–H groups in total. The Bertz CT molecular complexity index is 623. The second-order valence-corrected chi connectivity index (χ2v) is 5.74. The summed E-state index contributed by atoms with van der Waals surface area (Å²) in [6.45, 7) is 8.18. The lowest BCUT2D eigenvalue weighted by Crippen LogP contribution is -2.13. The molecule has 0 bridgehead atoms. The van der Waals surface area contributed by atoms with E-state index in [1.165, 1.54) is 4.52 Å². The van der Waals surface area contributed by atoms with Crippen LogP contribution < -0.4 is 0 Å². The SMILES string of the molecule is CCCc1cc(C(=O)O)n2nc(C(C)(C)C)cc2n1. The number of nitrogens with zero attached hydrogens (tertiary/aromatic N) is 3. The van der Waals surface area contributed by atoms with Crippen LogP contribution in [0.15, 0.2) is 12.1 Å². The predicted octanol–water partition coefficient (Wildman–Crippen LogP) is 2.68. The Hall–Kier alpha value is -1.91. The molecule has 0 aliphatic heterocycles. The summed E-state index contributed by atoms with van der Waals surface area (Å²) in [4.78, 5) is 15.8. The molecule has 0 radical (unpaired) electrons. The van der Waals surface area contributed by atoms with Crippen LogP contribution >= 0.6 is 0 Å². The van der Waals surface area contributed by atoms with Crippen LogP contribution in [-0.4, -0.2) is 25.7 Å². The Kier molecular flexibility index (Phi) is 3.30. The van der Waals surface area contributed by atoms with Crippen molar-refractivity contribution >= 4 is 11.6 Å². The third kappa shape index (κ3) is 2.59. The van der Waals surface area contributed by atoms with E-state index < -0.39 is 5.97 Å². The van der Waals surface area contributed by atoms with Crippen LogP contribution in [0.2, 0.25) is 0 Å². The first-order valence-electron chi connectivity index (χ1n) is 6.46. The van der Waals surface area contributed by atoms with Gasteiger partial charge in [0.25, 0.3) is 0 Å². The van der Waals surface area contributed by atoms with Gasteiger partial charge in [-0.15, -0.1) is 0 Å².